The van der Waals surface area contributed by atoms with Gasteiger partial charge in [-0.05, 0) is 62.1 Å². The maximum Gasteiger partial charge on any atom is 0.248 e. The molecule has 0 bridgehead atoms. The molecule has 5 nitrogen and oxygen atoms in total. The van der Waals surface area contributed by atoms with Crippen LogP contribution in [0.15, 0.2) is 36.4 Å². The van der Waals surface area contributed by atoms with Crippen molar-refractivity contribution < 1.29 is 13.2 Å². The number of nitrogens with zero attached hydrogens (tertiary/aromatic N) is 1. The van der Waals surface area contributed by atoms with Crippen LogP contribution in [-0.4, -0.2) is 26.6 Å². The van der Waals surface area contributed by atoms with Gasteiger partial charge < -0.3 is 5.32 Å². The summed E-state index contributed by atoms with van der Waals surface area (Å²) < 4.78 is 26.3. The maximum absolute atomic E-state index is 13.0. The van der Waals surface area contributed by atoms with Crippen LogP contribution in [0.25, 0.3) is 0 Å². The lowest BCUT2D eigenvalue weighted by atomic mass is 10.1. The van der Waals surface area contributed by atoms with Crippen molar-refractivity contribution in [3.8, 4) is 0 Å². The van der Waals surface area contributed by atoms with Crippen LogP contribution in [0.3, 0.4) is 0 Å². The third-order valence-electron chi connectivity index (χ3n) is 4.60. The topological polar surface area (TPSA) is 66.5 Å². The van der Waals surface area contributed by atoms with Crippen LogP contribution in [-0.2, 0) is 14.8 Å². The van der Waals surface area contributed by atoms with E-state index >= 15 is 0 Å². The van der Waals surface area contributed by atoms with Gasteiger partial charge in [-0.2, -0.15) is 0 Å². The van der Waals surface area contributed by atoms with E-state index in [1.54, 1.807) is 32.0 Å². The molecule has 1 N–H and O–H groups in total. The van der Waals surface area contributed by atoms with E-state index in [0.717, 1.165) is 27.3 Å². The summed E-state index contributed by atoms with van der Waals surface area (Å²) in [5.74, 6) is -0.379. The van der Waals surface area contributed by atoms with Gasteiger partial charge in [0.2, 0.25) is 15.9 Å². The fourth-order valence-electron chi connectivity index (χ4n) is 2.96. The van der Waals surface area contributed by atoms with Crippen molar-refractivity contribution in [2.75, 3.05) is 15.9 Å². The van der Waals surface area contributed by atoms with Gasteiger partial charge in [-0.3, -0.25) is 9.10 Å². The maximum atomic E-state index is 13.0. The second-order valence-electron chi connectivity index (χ2n) is 6.65. The number of nitrogens with one attached hydrogen (secondary N) is 1. The molecule has 0 heterocycles. The first kappa shape index (κ1) is 21.3. The quantitative estimate of drug-likeness (QED) is 0.767. The third kappa shape index (κ3) is 4.82. The first-order chi connectivity index (χ1) is 12.6. The van der Waals surface area contributed by atoms with Gasteiger partial charge in [0.15, 0.2) is 0 Å². The van der Waals surface area contributed by atoms with E-state index in [4.69, 9.17) is 11.6 Å². The molecular weight excluding hydrogens is 384 g/mol. The largest absolute Gasteiger partial charge is 0.324 e. The Labute approximate surface area is 166 Å². The average Bonchev–Trinajstić information content (AvgIpc) is 2.58. The number of aryl methyl sites for hydroxylation is 2. The van der Waals surface area contributed by atoms with E-state index < -0.39 is 16.1 Å². The summed E-state index contributed by atoms with van der Waals surface area (Å²) in [6.07, 6.45) is 1.41. The van der Waals surface area contributed by atoms with Crippen molar-refractivity contribution in [2.24, 2.45) is 0 Å². The molecule has 1 amide bonds. The van der Waals surface area contributed by atoms with Gasteiger partial charge in [0.25, 0.3) is 0 Å². The van der Waals surface area contributed by atoms with Crippen LogP contribution < -0.4 is 9.62 Å². The van der Waals surface area contributed by atoms with Crippen LogP contribution in [0, 0.1) is 20.8 Å². The summed E-state index contributed by atoms with van der Waals surface area (Å²) in [5.41, 5.74) is 3.81. The second-order valence-corrected chi connectivity index (χ2v) is 8.95. The van der Waals surface area contributed by atoms with E-state index in [0.29, 0.717) is 22.8 Å². The van der Waals surface area contributed by atoms with Gasteiger partial charge in [0.1, 0.15) is 6.04 Å². The second kappa shape index (κ2) is 8.31. The molecule has 27 heavy (non-hydrogen) atoms. The third-order valence-corrected chi connectivity index (χ3v) is 6.00. The molecule has 0 aliphatic heterocycles. The van der Waals surface area contributed by atoms with Crippen molar-refractivity contribution in [3.63, 3.8) is 0 Å². The number of halogens is 1. The number of anilines is 2. The van der Waals surface area contributed by atoms with Crippen molar-refractivity contribution in [2.45, 2.75) is 40.2 Å². The standard InChI is InChI=1S/C20H25ClN2O3S/c1-6-18(20(24)22-17-9-7-8-13(2)15(17)4)23(27(5,25)26)19-12-16(21)11-10-14(19)3/h7-12,18H,6H2,1-5H3,(H,22,24). The lowest BCUT2D eigenvalue weighted by Gasteiger charge is -2.31. The molecule has 0 aromatic heterocycles. The average molecular weight is 409 g/mol. The summed E-state index contributed by atoms with van der Waals surface area (Å²) in [7, 11) is -3.71. The highest BCUT2D eigenvalue weighted by atomic mass is 35.5. The number of amides is 1. The molecular formula is C20H25ClN2O3S. The number of benzene rings is 2. The number of carbonyl (C=O) groups excluding carboxylic acids is 1. The predicted molar refractivity (Wildman–Crippen MR) is 112 cm³/mol. The number of hydrogen-bond acceptors (Lipinski definition) is 3. The van der Waals surface area contributed by atoms with Crippen molar-refractivity contribution in [3.05, 3.63) is 58.1 Å². The lowest BCUT2D eigenvalue weighted by Crippen LogP contribution is -2.47. The van der Waals surface area contributed by atoms with Crippen LogP contribution in [0.5, 0.6) is 0 Å². The molecule has 2 aromatic rings. The Morgan fingerprint density at radius 1 is 1.15 bits per heavy atom. The first-order valence-corrected chi connectivity index (χ1v) is 10.9. The molecule has 146 valence electrons. The normalized spacial score (nSPS) is 12.5. The highest BCUT2D eigenvalue weighted by Gasteiger charge is 2.32. The molecule has 7 heteroatoms. The van der Waals surface area contributed by atoms with Crippen LogP contribution in [0.1, 0.15) is 30.0 Å². The minimum atomic E-state index is -3.71. The summed E-state index contributed by atoms with van der Waals surface area (Å²) >= 11 is 6.08. The van der Waals surface area contributed by atoms with Crippen molar-refractivity contribution in [1.29, 1.82) is 0 Å². The van der Waals surface area contributed by atoms with Gasteiger partial charge in [-0.1, -0.05) is 36.7 Å². The Hall–Kier alpha value is -2.05. The Morgan fingerprint density at radius 3 is 2.41 bits per heavy atom. The Balaban J connectivity index is 2.48. The molecule has 0 radical (unpaired) electrons. The molecule has 1 atom stereocenters. The summed E-state index contributed by atoms with van der Waals surface area (Å²) in [6.45, 7) is 7.45. The molecule has 2 rings (SSSR count). The zero-order valence-corrected chi connectivity index (χ0v) is 17.8. The number of rotatable bonds is 6. The van der Waals surface area contributed by atoms with Crippen molar-refractivity contribution in [1.82, 2.24) is 0 Å². The van der Waals surface area contributed by atoms with E-state index in [1.165, 1.54) is 0 Å². The number of carbonyl (C=O) groups is 1. The molecule has 0 saturated heterocycles. The lowest BCUT2D eigenvalue weighted by molar-refractivity contribution is -0.117. The fourth-order valence-corrected chi connectivity index (χ4v) is 4.39. The highest BCUT2D eigenvalue weighted by molar-refractivity contribution is 7.92. The molecule has 0 saturated carbocycles. The van der Waals surface area contributed by atoms with Gasteiger partial charge in [0, 0.05) is 10.7 Å². The minimum Gasteiger partial charge on any atom is -0.324 e. The van der Waals surface area contributed by atoms with Crippen molar-refractivity contribution >= 4 is 38.9 Å². The Kier molecular flexibility index (Phi) is 6.54. The zero-order valence-electron chi connectivity index (χ0n) is 16.2. The van der Waals surface area contributed by atoms with Gasteiger partial charge in [-0.15, -0.1) is 0 Å². The van der Waals surface area contributed by atoms with Gasteiger partial charge in [-0.25, -0.2) is 8.42 Å². The van der Waals surface area contributed by atoms with E-state index in [2.05, 4.69) is 5.32 Å². The van der Waals surface area contributed by atoms with Crippen LogP contribution in [0.4, 0.5) is 11.4 Å². The van der Waals surface area contributed by atoms with E-state index in [9.17, 15) is 13.2 Å². The summed E-state index contributed by atoms with van der Waals surface area (Å²) in [4.78, 5) is 13.0. The molecule has 2 aromatic carbocycles. The molecule has 0 spiro atoms. The highest BCUT2D eigenvalue weighted by Crippen LogP contribution is 2.30. The van der Waals surface area contributed by atoms with E-state index in [1.807, 2.05) is 32.0 Å². The smallest absolute Gasteiger partial charge is 0.248 e. The minimum absolute atomic E-state index is 0.315. The van der Waals surface area contributed by atoms with Crippen LogP contribution >= 0.6 is 11.6 Å². The molecule has 0 fully saturated rings. The predicted octanol–water partition coefficient (Wildman–Crippen LogP) is 4.45. The SMILES string of the molecule is CCC(C(=O)Nc1cccc(C)c1C)N(c1cc(Cl)ccc1C)S(C)(=O)=O. The fraction of sp³-hybridized carbons (Fsp3) is 0.350. The molecule has 0 aliphatic carbocycles. The van der Waals surface area contributed by atoms with Crippen LogP contribution in [0.2, 0.25) is 5.02 Å². The first-order valence-electron chi connectivity index (χ1n) is 8.69. The molecule has 0 aliphatic rings. The Bertz CT molecular complexity index is 958. The summed E-state index contributed by atoms with van der Waals surface area (Å²) in [6, 6.07) is 9.74. The van der Waals surface area contributed by atoms with Gasteiger partial charge >= 0.3 is 0 Å². The number of sulfonamides is 1. The zero-order chi connectivity index (χ0) is 20.4. The number of hydrogen-bond donors (Lipinski definition) is 1. The van der Waals surface area contributed by atoms with E-state index in [-0.39, 0.29) is 5.91 Å². The molecule has 1 unspecified atom stereocenters. The Morgan fingerprint density at radius 2 is 1.81 bits per heavy atom. The van der Waals surface area contributed by atoms with Gasteiger partial charge in [0.05, 0.1) is 11.9 Å². The summed E-state index contributed by atoms with van der Waals surface area (Å²) in [5, 5.41) is 3.29. The monoisotopic (exact) mass is 408 g/mol.